The highest BCUT2D eigenvalue weighted by atomic mass is 32.2. The van der Waals surface area contributed by atoms with Crippen molar-refractivity contribution in [2.24, 2.45) is 28.3 Å². The molecule has 10 nitrogen and oxygen atoms in total. The van der Waals surface area contributed by atoms with Crippen LogP contribution in [0.2, 0.25) is 0 Å². The van der Waals surface area contributed by atoms with E-state index < -0.39 is 16.1 Å². The number of carbonyl (C=O) groups is 2. The SMILES string of the molecule is C.C.CC(C)C(=O)[C@@H](NC(=O)c1cnccn1)C1CCCCC1.CC(C)C(C)(C)C.CC(C)NS(=O)(=O)C1CC1.CC(C)ON=C1c2ccccc2-c2ccccc21. The fraction of sp³-hybridized carbons (Fsp3) is 0.596. The molecule has 1 amide bonds. The van der Waals surface area contributed by atoms with Gasteiger partial charge in [0.2, 0.25) is 10.0 Å². The standard InChI is InChI=1S/C16H23N3O2.C16H15NO.C7H16.C6H13NO2S.2CH4/c1-11(2)15(20)14(12-6-4-3-5-7-12)19-16(21)13-10-17-8-9-18-13;1-11(2)18-17-16-14-9-5-3-7-12(14)13-8-4-6-10-15(13)16;1-6(2)7(3,4)5;1-5(2)7-10(8,9)6-3-4-6;;/h8-12,14H,3-7H2,1-2H3,(H,19,21);3-11H,1-2H3;6H,1-5H3;5-7H,3-4H2,1-2H3;2*1H4/t14-;;;;;/m0...../s1. The lowest BCUT2D eigenvalue weighted by Gasteiger charge is -2.30. The molecule has 0 spiro atoms. The predicted octanol–water partition coefficient (Wildman–Crippen LogP) is 10.7. The van der Waals surface area contributed by atoms with E-state index in [-0.39, 0.29) is 61.5 Å². The summed E-state index contributed by atoms with van der Waals surface area (Å²) in [5, 5.41) is 7.13. The van der Waals surface area contributed by atoms with Crippen LogP contribution in [0.3, 0.4) is 0 Å². The number of benzene rings is 2. The lowest BCUT2D eigenvalue weighted by atomic mass is 9.80. The van der Waals surface area contributed by atoms with Crippen molar-refractivity contribution in [3.8, 4) is 11.1 Å². The van der Waals surface area contributed by atoms with Gasteiger partial charge in [-0.3, -0.25) is 14.6 Å². The number of oxime groups is 1. The Kier molecular flexibility index (Phi) is 21.7. The van der Waals surface area contributed by atoms with Crippen molar-refractivity contribution >= 4 is 27.4 Å². The molecule has 0 saturated heterocycles. The Balaban J connectivity index is 0.000000412. The number of aromatic nitrogens is 2. The van der Waals surface area contributed by atoms with Gasteiger partial charge in [0.15, 0.2) is 5.78 Å². The molecule has 0 aliphatic heterocycles. The van der Waals surface area contributed by atoms with Gasteiger partial charge in [-0.25, -0.2) is 18.1 Å². The fourth-order valence-corrected chi connectivity index (χ4v) is 7.54. The van der Waals surface area contributed by atoms with Gasteiger partial charge >= 0.3 is 0 Å². The van der Waals surface area contributed by atoms with E-state index in [0.29, 0.717) is 5.41 Å². The molecule has 1 aromatic heterocycles. The Morgan fingerprint density at radius 1 is 0.776 bits per heavy atom. The zero-order valence-electron chi connectivity index (χ0n) is 35.6. The van der Waals surface area contributed by atoms with Crippen molar-refractivity contribution in [3.05, 3.63) is 83.9 Å². The van der Waals surface area contributed by atoms with Crippen LogP contribution in [0.1, 0.15) is 158 Å². The number of hydrogen-bond acceptors (Lipinski definition) is 8. The second-order valence-corrected chi connectivity index (χ2v) is 19.2. The Hall–Kier alpha value is -3.96. The van der Waals surface area contributed by atoms with Gasteiger partial charge in [0.05, 0.1) is 17.5 Å². The van der Waals surface area contributed by atoms with Crippen LogP contribution >= 0.6 is 0 Å². The smallest absolute Gasteiger partial charge is 0.272 e. The van der Waals surface area contributed by atoms with Crippen molar-refractivity contribution in [1.29, 1.82) is 0 Å². The van der Waals surface area contributed by atoms with Crippen molar-refractivity contribution in [3.63, 3.8) is 0 Å². The van der Waals surface area contributed by atoms with E-state index in [9.17, 15) is 18.0 Å². The van der Waals surface area contributed by atoms with Gasteiger partial charge < -0.3 is 10.2 Å². The molecule has 11 heteroatoms. The Morgan fingerprint density at radius 2 is 1.28 bits per heavy atom. The van der Waals surface area contributed by atoms with E-state index in [1.807, 2.05) is 53.7 Å². The van der Waals surface area contributed by atoms with Gasteiger partial charge in [0.25, 0.3) is 5.91 Å². The Labute approximate surface area is 351 Å². The first kappa shape index (κ1) is 52.1. The quantitative estimate of drug-likeness (QED) is 0.152. The van der Waals surface area contributed by atoms with Crippen LogP contribution in [-0.4, -0.2) is 59.2 Å². The van der Waals surface area contributed by atoms with Gasteiger partial charge in [-0.05, 0) is 81.8 Å². The predicted molar refractivity (Wildman–Crippen MR) is 241 cm³/mol. The summed E-state index contributed by atoms with van der Waals surface area (Å²) in [4.78, 5) is 38.0. The zero-order chi connectivity index (χ0) is 41.6. The number of nitrogens with one attached hydrogen (secondary N) is 2. The van der Waals surface area contributed by atoms with E-state index in [0.717, 1.165) is 61.3 Å². The zero-order valence-corrected chi connectivity index (χ0v) is 36.4. The number of Topliss-reactive ketones (excluding diaryl/α,β-unsaturated/α-hetero) is 1. The molecule has 6 rings (SSSR count). The molecule has 2 saturated carbocycles. The van der Waals surface area contributed by atoms with E-state index in [1.165, 1.54) is 36.1 Å². The first-order valence-corrected chi connectivity index (χ1v) is 21.9. The van der Waals surface area contributed by atoms with Crippen LogP contribution in [0.4, 0.5) is 0 Å². The second kappa shape index (κ2) is 24.2. The molecular formula is C47H75N5O5S. The van der Waals surface area contributed by atoms with Gasteiger partial charge in [-0.15, -0.1) is 0 Å². The first-order chi connectivity index (χ1) is 26.3. The Morgan fingerprint density at radius 3 is 1.67 bits per heavy atom. The third-order valence-electron chi connectivity index (χ3n) is 10.2. The molecule has 3 aliphatic rings. The molecule has 1 atom stereocenters. The molecule has 2 fully saturated rings. The van der Waals surface area contributed by atoms with Gasteiger partial charge in [0.1, 0.15) is 17.5 Å². The summed E-state index contributed by atoms with van der Waals surface area (Å²) in [5.74, 6) is 0.757. The molecule has 1 heterocycles. The lowest BCUT2D eigenvalue weighted by Crippen LogP contribution is -2.48. The highest BCUT2D eigenvalue weighted by Crippen LogP contribution is 2.36. The summed E-state index contributed by atoms with van der Waals surface area (Å²) in [6.45, 7) is 22.7. The van der Waals surface area contributed by atoms with Crippen LogP contribution in [0.15, 0.2) is 72.3 Å². The summed E-state index contributed by atoms with van der Waals surface area (Å²) in [7, 11) is -2.94. The summed E-state index contributed by atoms with van der Waals surface area (Å²) in [6, 6.07) is 16.3. The van der Waals surface area contributed by atoms with Crippen molar-refractivity contribution < 1.29 is 22.8 Å². The molecular weight excluding hydrogens is 747 g/mol. The van der Waals surface area contributed by atoms with Crippen molar-refractivity contribution in [2.75, 3.05) is 0 Å². The molecule has 58 heavy (non-hydrogen) atoms. The summed E-state index contributed by atoms with van der Waals surface area (Å²) >= 11 is 0. The maximum absolute atomic E-state index is 12.5. The van der Waals surface area contributed by atoms with Gasteiger partial charge in [-0.1, -0.05) is 136 Å². The number of nitrogens with zero attached hydrogens (tertiary/aromatic N) is 3. The second-order valence-electron chi connectivity index (χ2n) is 17.2. The average molecular weight is 822 g/mol. The average Bonchev–Trinajstić information content (AvgIpc) is 3.97. The molecule has 0 unspecified atom stereocenters. The third-order valence-corrected chi connectivity index (χ3v) is 12.3. The molecule has 0 bridgehead atoms. The topological polar surface area (TPSA) is 140 Å². The molecule has 324 valence electrons. The summed E-state index contributed by atoms with van der Waals surface area (Å²) in [5.41, 5.74) is 6.47. The molecule has 0 radical (unpaired) electrons. The highest BCUT2D eigenvalue weighted by molar-refractivity contribution is 7.90. The number of sulfonamides is 1. The Bertz CT molecular complexity index is 1780. The van der Waals surface area contributed by atoms with Crippen LogP contribution in [0, 0.1) is 23.2 Å². The lowest BCUT2D eigenvalue weighted by molar-refractivity contribution is -0.125. The number of rotatable bonds is 10. The van der Waals surface area contributed by atoms with E-state index >= 15 is 0 Å². The van der Waals surface area contributed by atoms with Crippen LogP contribution in [-0.2, 0) is 19.7 Å². The number of carbonyl (C=O) groups excluding carboxylic acids is 2. The van der Waals surface area contributed by atoms with E-state index in [2.05, 4.69) is 96.2 Å². The van der Waals surface area contributed by atoms with Gasteiger partial charge in [0, 0.05) is 35.5 Å². The normalized spacial score (nSPS) is 15.1. The molecule has 3 aromatic rings. The minimum Gasteiger partial charge on any atom is -0.393 e. The minimum atomic E-state index is -2.94. The van der Waals surface area contributed by atoms with E-state index in [1.54, 1.807) is 0 Å². The largest absolute Gasteiger partial charge is 0.393 e. The number of fused-ring (bicyclic) bond motifs is 3. The number of ketones is 1. The fourth-order valence-electron chi connectivity index (χ4n) is 5.93. The minimum absolute atomic E-state index is 0. The summed E-state index contributed by atoms with van der Waals surface area (Å²) < 4.78 is 24.7. The highest BCUT2D eigenvalue weighted by Gasteiger charge is 2.36. The number of amides is 1. The van der Waals surface area contributed by atoms with Crippen molar-refractivity contribution in [2.45, 2.75) is 159 Å². The maximum Gasteiger partial charge on any atom is 0.272 e. The van der Waals surface area contributed by atoms with Crippen molar-refractivity contribution in [1.82, 2.24) is 20.0 Å². The summed E-state index contributed by atoms with van der Waals surface area (Å²) in [6.07, 6.45) is 11.7. The molecule has 2 aromatic carbocycles. The third kappa shape index (κ3) is 16.4. The van der Waals surface area contributed by atoms with E-state index in [4.69, 9.17) is 4.84 Å². The first-order valence-electron chi connectivity index (χ1n) is 20.4. The molecule has 2 N–H and O–H groups in total. The number of hydrogen-bond donors (Lipinski definition) is 2. The maximum atomic E-state index is 12.5. The molecule has 3 aliphatic carbocycles. The monoisotopic (exact) mass is 822 g/mol. The van der Waals surface area contributed by atoms with Crippen LogP contribution in [0.25, 0.3) is 11.1 Å². The van der Waals surface area contributed by atoms with Gasteiger partial charge in [-0.2, -0.15) is 0 Å². The van der Waals surface area contributed by atoms with Crippen LogP contribution in [0.5, 0.6) is 0 Å². The van der Waals surface area contributed by atoms with Crippen LogP contribution < -0.4 is 10.0 Å².